The maximum atomic E-state index is 14.1. The number of anilines is 2. The predicted molar refractivity (Wildman–Crippen MR) is 92.9 cm³/mol. The van der Waals surface area contributed by atoms with Crippen LogP contribution in [0.3, 0.4) is 0 Å². The number of pyridine rings is 1. The SMILES string of the molecule is Cc1cc(N2CCN(c3cccnn3)CC2)c2ccc(F)c(F)c2n1. The first-order chi connectivity index (χ1) is 12.1. The van der Waals surface area contributed by atoms with E-state index in [1.807, 2.05) is 18.2 Å². The van der Waals surface area contributed by atoms with Gasteiger partial charge in [-0.1, -0.05) is 0 Å². The number of piperazine rings is 1. The molecule has 0 unspecified atom stereocenters. The van der Waals surface area contributed by atoms with Crippen LogP contribution in [0, 0.1) is 18.6 Å². The number of benzene rings is 1. The summed E-state index contributed by atoms with van der Waals surface area (Å²) in [5.41, 5.74) is 1.65. The molecule has 2 aromatic heterocycles. The van der Waals surface area contributed by atoms with Crippen molar-refractivity contribution >= 4 is 22.4 Å². The Morgan fingerprint density at radius 2 is 1.76 bits per heavy atom. The number of fused-ring (bicyclic) bond motifs is 1. The van der Waals surface area contributed by atoms with Crippen molar-refractivity contribution < 1.29 is 8.78 Å². The van der Waals surface area contributed by atoms with Gasteiger partial charge in [-0.2, -0.15) is 5.10 Å². The summed E-state index contributed by atoms with van der Waals surface area (Å²) < 4.78 is 27.7. The highest BCUT2D eigenvalue weighted by atomic mass is 19.2. The number of hydrogen-bond donors (Lipinski definition) is 0. The molecule has 1 aliphatic heterocycles. The van der Waals surface area contributed by atoms with Crippen LogP contribution in [0.15, 0.2) is 36.5 Å². The average Bonchev–Trinajstić information content (AvgIpc) is 2.65. The fraction of sp³-hybridized carbons (Fsp3) is 0.278. The molecule has 1 fully saturated rings. The molecule has 0 bridgehead atoms. The van der Waals surface area contributed by atoms with Crippen molar-refractivity contribution in [1.29, 1.82) is 0 Å². The molecule has 0 radical (unpaired) electrons. The van der Waals surface area contributed by atoms with Gasteiger partial charge in [0, 0.05) is 49.1 Å². The predicted octanol–water partition coefficient (Wildman–Crippen LogP) is 2.94. The molecule has 0 atom stereocenters. The molecule has 4 rings (SSSR count). The summed E-state index contributed by atoms with van der Waals surface area (Å²) >= 11 is 0. The summed E-state index contributed by atoms with van der Waals surface area (Å²) in [7, 11) is 0. The van der Waals surface area contributed by atoms with E-state index in [1.165, 1.54) is 0 Å². The fourth-order valence-corrected chi connectivity index (χ4v) is 3.24. The van der Waals surface area contributed by atoms with Gasteiger partial charge in [0.15, 0.2) is 17.5 Å². The van der Waals surface area contributed by atoms with E-state index in [9.17, 15) is 8.78 Å². The number of hydrogen-bond acceptors (Lipinski definition) is 5. The second kappa shape index (κ2) is 6.23. The van der Waals surface area contributed by atoms with Gasteiger partial charge < -0.3 is 9.80 Å². The maximum Gasteiger partial charge on any atom is 0.185 e. The van der Waals surface area contributed by atoms with Crippen LogP contribution in [-0.2, 0) is 0 Å². The second-order valence-electron chi connectivity index (χ2n) is 6.10. The zero-order valence-electron chi connectivity index (χ0n) is 13.8. The molecular weight excluding hydrogens is 324 g/mol. The van der Waals surface area contributed by atoms with Crippen molar-refractivity contribution in [1.82, 2.24) is 15.2 Å². The van der Waals surface area contributed by atoms with E-state index in [0.717, 1.165) is 43.8 Å². The topological polar surface area (TPSA) is 45.2 Å². The average molecular weight is 341 g/mol. The molecule has 7 heteroatoms. The molecule has 0 aliphatic carbocycles. The summed E-state index contributed by atoms with van der Waals surface area (Å²) in [6.45, 7) is 4.88. The van der Waals surface area contributed by atoms with Gasteiger partial charge in [0.1, 0.15) is 5.52 Å². The number of aryl methyl sites for hydroxylation is 1. The smallest absolute Gasteiger partial charge is 0.185 e. The Hall–Kier alpha value is -2.83. The first-order valence-electron chi connectivity index (χ1n) is 8.16. The van der Waals surface area contributed by atoms with E-state index >= 15 is 0 Å². The minimum atomic E-state index is -0.888. The maximum absolute atomic E-state index is 14.1. The van der Waals surface area contributed by atoms with Crippen LogP contribution < -0.4 is 9.80 Å². The Kier molecular flexibility index (Phi) is 3.91. The molecule has 3 aromatic rings. The zero-order chi connectivity index (χ0) is 17.4. The first kappa shape index (κ1) is 15.7. The van der Waals surface area contributed by atoms with Crippen molar-refractivity contribution in [3.8, 4) is 0 Å². The molecule has 0 spiro atoms. The highest BCUT2D eigenvalue weighted by molar-refractivity contribution is 5.92. The van der Waals surface area contributed by atoms with Crippen LogP contribution in [0.25, 0.3) is 10.9 Å². The van der Waals surface area contributed by atoms with Crippen molar-refractivity contribution in [3.05, 3.63) is 53.9 Å². The third-order valence-electron chi connectivity index (χ3n) is 4.48. The second-order valence-corrected chi connectivity index (χ2v) is 6.10. The minimum absolute atomic E-state index is 0.0892. The van der Waals surface area contributed by atoms with Gasteiger partial charge in [0.25, 0.3) is 0 Å². The van der Waals surface area contributed by atoms with E-state index in [4.69, 9.17) is 0 Å². The van der Waals surface area contributed by atoms with Crippen molar-refractivity contribution in [2.24, 2.45) is 0 Å². The summed E-state index contributed by atoms with van der Waals surface area (Å²) in [5.74, 6) is -0.907. The van der Waals surface area contributed by atoms with Gasteiger partial charge in [-0.05, 0) is 37.3 Å². The zero-order valence-corrected chi connectivity index (χ0v) is 13.8. The van der Waals surface area contributed by atoms with Gasteiger partial charge in [0.2, 0.25) is 0 Å². The van der Waals surface area contributed by atoms with E-state index in [1.54, 1.807) is 19.2 Å². The lowest BCUT2D eigenvalue weighted by Crippen LogP contribution is -2.47. The Balaban J connectivity index is 1.64. The molecule has 0 N–H and O–H groups in total. The van der Waals surface area contributed by atoms with Gasteiger partial charge in [0.05, 0.1) is 0 Å². The first-order valence-corrected chi connectivity index (χ1v) is 8.16. The van der Waals surface area contributed by atoms with Gasteiger partial charge in [-0.25, -0.2) is 13.8 Å². The van der Waals surface area contributed by atoms with Crippen molar-refractivity contribution in [3.63, 3.8) is 0 Å². The summed E-state index contributed by atoms with van der Waals surface area (Å²) in [4.78, 5) is 8.53. The third kappa shape index (κ3) is 2.86. The third-order valence-corrected chi connectivity index (χ3v) is 4.48. The summed E-state index contributed by atoms with van der Waals surface area (Å²) in [6.07, 6.45) is 1.65. The van der Waals surface area contributed by atoms with Gasteiger partial charge in [-0.15, -0.1) is 5.10 Å². The molecule has 25 heavy (non-hydrogen) atoms. The Morgan fingerprint density at radius 3 is 2.48 bits per heavy atom. The molecule has 5 nitrogen and oxygen atoms in total. The van der Waals surface area contributed by atoms with E-state index in [2.05, 4.69) is 25.0 Å². The molecule has 1 saturated heterocycles. The quantitative estimate of drug-likeness (QED) is 0.717. The van der Waals surface area contributed by atoms with Crippen LogP contribution >= 0.6 is 0 Å². The molecule has 1 aromatic carbocycles. The monoisotopic (exact) mass is 341 g/mol. The molecule has 1 aliphatic rings. The van der Waals surface area contributed by atoms with Crippen LogP contribution in [0.5, 0.6) is 0 Å². The van der Waals surface area contributed by atoms with Crippen LogP contribution in [-0.4, -0.2) is 41.4 Å². The van der Waals surface area contributed by atoms with E-state index < -0.39 is 11.6 Å². The van der Waals surface area contributed by atoms with Crippen LogP contribution in [0.1, 0.15) is 5.69 Å². The molecule has 3 heterocycles. The summed E-state index contributed by atoms with van der Waals surface area (Å²) in [6, 6.07) is 8.49. The highest BCUT2D eigenvalue weighted by Gasteiger charge is 2.21. The summed E-state index contributed by atoms with van der Waals surface area (Å²) in [5, 5.41) is 8.70. The molecule has 0 amide bonds. The number of nitrogens with zero attached hydrogens (tertiary/aromatic N) is 5. The largest absolute Gasteiger partial charge is 0.367 e. The number of halogens is 2. The lowest BCUT2D eigenvalue weighted by molar-refractivity contribution is 0.515. The minimum Gasteiger partial charge on any atom is -0.367 e. The normalized spacial score (nSPS) is 15.0. The number of rotatable bonds is 2. The van der Waals surface area contributed by atoms with Crippen molar-refractivity contribution in [2.75, 3.05) is 36.0 Å². The van der Waals surface area contributed by atoms with Crippen LogP contribution in [0.4, 0.5) is 20.3 Å². The van der Waals surface area contributed by atoms with E-state index in [0.29, 0.717) is 11.1 Å². The van der Waals surface area contributed by atoms with E-state index in [-0.39, 0.29) is 5.52 Å². The Labute approximate surface area is 143 Å². The lowest BCUT2D eigenvalue weighted by Gasteiger charge is -2.37. The Bertz CT molecular complexity index is 908. The van der Waals surface area contributed by atoms with Crippen LogP contribution in [0.2, 0.25) is 0 Å². The number of aromatic nitrogens is 3. The lowest BCUT2D eigenvalue weighted by atomic mass is 10.1. The van der Waals surface area contributed by atoms with Crippen molar-refractivity contribution in [2.45, 2.75) is 6.92 Å². The fourth-order valence-electron chi connectivity index (χ4n) is 3.24. The molecular formula is C18H17F2N5. The van der Waals surface area contributed by atoms with Gasteiger partial charge in [-0.3, -0.25) is 0 Å². The highest BCUT2D eigenvalue weighted by Crippen LogP contribution is 2.30. The Morgan fingerprint density at radius 1 is 1.00 bits per heavy atom. The molecule has 0 saturated carbocycles. The molecule has 128 valence electrons. The standard InChI is InChI=1S/C18H17F2N5/c1-12-11-15(13-4-5-14(19)17(20)18(13)22-12)24-7-9-25(10-8-24)16-3-2-6-21-23-16/h2-6,11H,7-10H2,1H3. The van der Waals surface area contributed by atoms with Gasteiger partial charge >= 0.3 is 0 Å².